The lowest BCUT2D eigenvalue weighted by Crippen LogP contribution is -2.41. The molecule has 2 aliphatic carbocycles. The fraction of sp³-hybridized carbons (Fsp3) is 0.560. The number of nitrogens with one attached hydrogen (secondary N) is 2. The van der Waals surface area contributed by atoms with Crippen molar-refractivity contribution < 1.29 is 4.79 Å². The van der Waals surface area contributed by atoms with Crippen molar-refractivity contribution in [2.45, 2.75) is 75.8 Å². The third kappa shape index (κ3) is 5.04. The lowest BCUT2D eigenvalue weighted by atomic mass is 9.86. The predicted molar refractivity (Wildman–Crippen MR) is 127 cm³/mol. The van der Waals surface area contributed by atoms with Crippen LogP contribution in [0.4, 0.5) is 17.5 Å². The molecule has 4 N–H and O–H groups in total. The van der Waals surface area contributed by atoms with Gasteiger partial charge in [0.15, 0.2) is 0 Å². The van der Waals surface area contributed by atoms with Crippen LogP contribution in [0.5, 0.6) is 0 Å². The van der Waals surface area contributed by atoms with Gasteiger partial charge < -0.3 is 21.3 Å². The van der Waals surface area contributed by atoms with Gasteiger partial charge >= 0.3 is 0 Å². The van der Waals surface area contributed by atoms with Gasteiger partial charge in [0.25, 0.3) is 5.91 Å². The zero-order chi connectivity index (χ0) is 21.9. The van der Waals surface area contributed by atoms with Crippen LogP contribution >= 0.6 is 0 Å². The van der Waals surface area contributed by atoms with Gasteiger partial charge in [-0.1, -0.05) is 31.4 Å². The number of amides is 1. The largest absolute Gasteiger partial charge is 0.367 e. The third-order valence-electron chi connectivity index (χ3n) is 7.23. The first-order valence-corrected chi connectivity index (χ1v) is 12.2. The van der Waals surface area contributed by atoms with Crippen LogP contribution in [-0.2, 0) is 0 Å². The molecule has 170 valence electrons. The Hall–Kier alpha value is -2.67. The Morgan fingerprint density at radius 2 is 1.69 bits per heavy atom. The third-order valence-corrected chi connectivity index (χ3v) is 7.23. The quantitative estimate of drug-likeness (QED) is 0.597. The van der Waals surface area contributed by atoms with E-state index in [1.165, 1.54) is 69.8 Å². The van der Waals surface area contributed by atoms with Crippen LogP contribution in [0.3, 0.4) is 0 Å². The second kappa shape index (κ2) is 9.45. The van der Waals surface area contributed by atoms with Gasteiger partial charge in [0, 0.05) is 24.0 Å². The normalized spacial score (nSPS) is 20.8. The van der Waals surface area contributed by atoms with E-state index in [2.05, 4.69) is 49.8 Å². The molecule has 7 heteroatoms. The molecule has 1 aromatic carbocycles. The molecule has 1 aliphatic heterocycles. The summed E-state index contributed by atoms with van der Waals surface area (Å²) in [4.78, 5) is 23.2. The Kier molecular flexibility index (Phi) is 6.26. The van der Waals surface area contributed by atoms with Gasteiger partial charge in [-0.3, -0.25) is 4.79 Å². The molecular formula is C25H34N6O. The van der Waals surface area contributed by atoms with E-state index >= 15 is 0 Å². The summed E-state index contributed by atoms with van der Waals surface area (Å²) < 4.78 is 0. The molecule has 7 nitrogen and oxygen atoms in total. The standard InChI is InChI=1S/C25H34N6O/c26-23(32)22-16-27-25(30-24(22)28-19-10-11-19)29-20-8-6-17(7-9-20)18-12-14-31(15-13-18)21-4-2-1-3-5-21/h6-9,16,18-19,21H,1-5,10-15H2,(H2,26,32)(H2,27,28,29,30). The summed E-state index contributed by atoms with van der Waals surface area (Å²) in [7, 11) is 0. The molecule has 1 saturated heterocycles. The smallest absolute Gasteiger partial charge is 0.254 e. The Morgan fingerprint density at radius 1 is 0.969 bits per heavy atom. The number of carbonyl (C=O) groups is 1. The van der Waals surface area contributed by atoms with Crippen LogP contribution in [0.1, 0.15) is 79.6 Å². The molecule has 0 atom stereocenters. The van der Waals surface area contributed by atoms with Gasteiger partial charge in [0.05, 0.1) is 5.56 Å². The maximum atomic E-state index is 11.7. The summed E-state index contributed by atoms with van der Waals surface area (Å²) in [6.45, 7) is 2.46. The number of benzene rings is 1. The molecule has 5 rings (SSSR count). The summed E-state index contributed by atoms with van der Waals surface area (Å²) in [5.41, 5.74) is 8.16. The molecule has 2 saturated carbocycles. The summed E-state index contributed by atoms with van der Waals surface area (Å²) >= 11 is 0. The molecular weight excluding hydrogens is 400 g/mol. The maximum absolute atomic E-state index is 11.7. The Bertz CT molecular complexity index is 928. The number of aromatic nitrogens is 2. The number of carbonyl (C=O) groups excluding carboxylic acids is 1. The first-order chi connectivity index (χ1) is 15.7. The van der Waals surface area contributed by atoms with E-state index in [4.69, 9.17) is 5.73 Å². The highest BCUT2D eigenvalue weighted by Crippen LogP contribution is 2.33. The minimum absolute atomic E-state index is 0.331. The van der Waals surface area contributed by atoms with Crippen molar-refractivity contribution >= 4 is 23.4 Å². The van der Waals surface area contributed by atoms with E-state index in [0.717, 1.165) is 24.6 Å². The Balaban J connectivity index is 1.19. The monoisotopic (exact) mass is 434 g/mol. The van der Waals surface area contributed by atoms with E-state index in [-0.39, 0.29) is 0 Å². The van der Waals surface area contributed by atoms with Gasteiger partial charge in [0.1, 0.15) is 5.82 Å². The molecule has 32 heavy (non-hydrogen) atoms. The maximum Gasteiger partial charge on any atom is 0.254 e. The van der Waals surface area contributed by atoms with E-state index in [1.807, 2.05) is 0 Å². The molecule has 3 aliphatic rings. The molecule has 0 radical (unpaired) electrons. The second-order valence-corrected chi connectivity index (χ2v) is 9.59. The topological polar surface area (TPSA) is 96.2 Å². The summed E-state index contributed by atoms with van der Waals surface area (Å²) in [5, 5.41) is 6.54. The summed E-state index contributed by atoms with van der Waals surface area (Å²) in [6, 6.07) is 9.86. The molecule has 3 fully saturated rings. The molecule has 1 aromatic heterocycles. The molecule has 0 bridgehead atoms. The van der Waals surface area contributed by atoms with Gasteiger partial charge in [-0.05, 0) is 75.2 Å². The predicted octanol–water partition coefficient (Wildman–Crippen LogP) is 4.41. The van der Waals surface area contributed by atoms with Crippen LogP contribution in [-0.4, -0.2) is 45.9 Å². The number of primary amides is 1. The number of hydrogen-bond acceptors (Lipinski definition) is 6. The van der Waals surface area contributed by atoms with Gasteiger partial charge in [-0.15, -0.1) is 0 Å². The van der Waals surface area contributed by atoms with E-state index < -0.39 is 5.91 Å². The fourth-order valence-electron chi connectivity index (χ4n) is 5.17. The first-order valence-electron chi connectivity index (χ1n) is 12.2. The number of likely N-dealkylation sites (tertiary alicyclic amines) is 1. The number of nitrogens with zero attached hydrogens (tertiary/aromatic N) is 3. The van der Waals surface area contributed by atoms with Gasteiger partial charge in [0.2, 0.25) is 5.95 Å². The van der Waals surface area contributed by atoms with E-state index in [1.54, 1.807) is 0 Å². The highest BCUT2D eigenvalue weighted by molar-refractivity contribution is 5.97. The molecule has 0 unspecified atom stereocenters. The SMILES string of the molecule is NC(=O)c1cnc(Nc2ccc(C3CCN(C4CCCCC4)CC3)cc2)nc1NC1CC1. The van der Waals surface area contributed by atoms with Crippen molar-refractivity contribution in [1.29, 1.82) is 0 Å². The van der Waals surface area contributed by atoms with Crippen molar-refractivity contribution in [3.05, 3.63) is 41.6 Å². The highest BCUT2D eigenvalue weighted by Gasteiger charge is 2.27. The Morgan fingerprint density at radius 3 is 2.34 bits per heavy atom. The van der Waals surface area contributed by atoms with Crippen molar-refractivity contribution in [2.75, 3.05) is 23.7 Å². The molecule has 2 heterocycles. The van der Waals surface area contributed by atoms with Crippen LogP contribution in [0, 0.1) is 0 Å². The van der Waals surface area contributed by atoms with Gasteiger partial charge in [-0.25, -0.2) is 4.98 Å². The van der Waals surface area contributed by atoms with Crippen molar-refractivity contribution in [2.24, 2.45) is 5.73 Å². The number of piperidine rings is 1. The lowest BCUT2D eigenvalue weighted by molar-refractivity contribution is 0.100. The Labute approximate surface area is 190 Å². The first kappa shape index (κ1) is 21.2. The minimum Gasteiger partial charge on any atom is -0.367 e. The van der Waals surface area contributed by atoms with Crippen LogP contribution in [0.15, 0.2) is 30.5 Å². The number of rotatable bonds is 7. The van der Waals surface area contributed by atoms with Crippen molar-refractivity contribution in [3.63, 3.8) is 0 Å². The van der Waals surface area contributed by atoms with Gasteiger partial charge in [-0.2, -0.15) is 4.98 Å². The van der Waals surface area contributed by atoms with Crippen molar-refractivity contribution in [3.8, 4) is 0 Å². The molecule has 2 aromatic rings. The minimum atomic E-state index is -0.515. The molecule has 1 amide bonds. The van der Waals surface area contributed by atoms with Crippen LogP contribution < -0.4 is 16.4 Å². The molecule has 0 spiro atoms. The number of hydrogen-bond donors (Lipinski definition) is 3. The summed E-state index contributed by atoms with van der Waals surface area (Å²) in [5.74, 6) is 1.11. The lowest BCUT2D eigenvalue weighted by Gasteiger charge is -2.39. The van der Waals surface area contributed by atoms with Crippen LogP contribution in [0.25, 0.3) is 0 Å². The zero-order valence-electron chi connectivity index (χ0n) is 18.7. The number of anilines is 3. The van der Waals surface area contributed by atoms with Crippen molar-refractivity contribution in [1.82, 2.24) is 14.9 Å². The second-order valence-electron chi connectivity index (χ2n) is 9.59. The zero-order valence-corrected chi connectivity index (χ0v) is 18.7. The van der Waals surface area contributed by atoms with Crippen LogP contribution in [0.2, 0.25) is 0 Å². The van der Waals surface area contributed by atoms with E-state index in [0.29, 0.717) is 29.3 Å². The number of nitrogens with two attached hydrogens (primary N) is 1. The summed E-state index contributed by atoms with van der Waals surface area (Å²) in [6.07, 6.45) is 13.2. The fourth-order valence-corrected chi connectivity index (χ4v) is 5.17. The average Bonchev–Trinajstić information content (AvgIpc) is 3.64. The average molecular weight is 435 g/mol. The van der Waals surface area contributed by atoms with E-state index in [9.17, 15) is 4.79 Å². The highest BCUT2D eigenvalue weighted by atomic mass is 16.1.